The van der Waals surface area contributed by atoms with Crippen LogP contribution in [0.1, 0.15) is 6.92 Å². The highest BCUT2D eigenvalue weighted by Crippen LogP contribution is 2.27. The monoisotopic (exact) mass is 397 g/mol. The third-order valence-corrected chi connectivity index (χ3v) is 7.16. The number of benzene rings is 2. The molecule has 0 aromatic heterocycles. The van der Waals surface area contributed by atoms with Gasteiger partial charge in [0.15, 0.2) is 0 Å². The predicted molar refractivity (Wildman–Crippen MR) is 104 cm³/mol. The van der Waals surface area contributed by atoms with Gasteiger partial charge in [0.05, 0.1) is 21.2 Å². The number of sulfonamides is 2. The molecule has 0 heterocycles. The Kier molecular flexibility index (Phi) is 5.94. The van der Waals surface area contributed by atoms with Gasteiger partial charge in [-0.25, -0.2) is 21.1 Å². The summed E-state index contributed by atoms with van der Waals surface area (Å²) in [5, 5.41) is 0. The Hall–Kier alpha value is -2.10. The Bertz CT molecular complexity index is 969. The second-order valence-corrected chi connectivity index (χ2v) is 9.73. The number of hydrogen-bond acceptors (Lipinski definition) is 5. The molecule has 0 bridgehead atoms. The summed E-state index contributed by atoms with van der Waals surface area (Å²) in [5.41, 5.74) is 1.22. The summed E-state index contributed by atoms with van der Waals surface area (Å²) < 4.78 is 53.2. The highest BCUT2D eigenvalue weighted by Gasteiger charge is 2.20. The zero-order valence-corrected chi connectivity index (χ0v) is 16.8. The van der Waals surface area contributed by atoms with Gasteiger partial charge in [-0.3, -0.25) is 4.72 Å². The van der Waals surface area contributed by atoms with Gasteiger partial charge >= 0.3 is 0 Å². The van der Waals surface area contributed by atoms with Crippen LogP contribution in [-0.2, 0) is 20.0 Å². The Labute approximate surface area is 155 Å². The van der Waals surface area contributed by atoms with Crippen molar-refractivity contribution in [3.8, 4) is 0 Å². The van der Waals surface area contributed by atoms with Gasteiger partial charge in [-0.15, -0.1) is 0 Å². The average Bonchev–Trinajstić information content (AvgIpc) is 2.61. The van der Waals surface area contributed by atoms with E-state index < -0.39 is 20.0 Å². The number of anilines is 2. The molecule has 0 spiro atoms. The van der Waals surface area contributed by atoms with Crippen LogP contribution in [-0.4, -0.2) is 48.8 Å². The predicted octanol–water partition coefficient (Wildman–Crippen LogP) is 2.19. The standard InChI is InChI=1S/C17H23N3O4S2/c1-5-20(4)17-9-7-6-8-16(17)18-25(21,22)14-10-12-15(13-11-14)26(23,24)19(2)3/h6-13,18H,5H2,1-4H3. The maximum absolute atomic E-state index is 12.7. The zero-order valence-electron chi connectivity index (χ0n) is 15.2. The van der Waals surface area contributed by atoms with Gasteiger partial charge in [0.2, 0.25) is 10.0 Å². The molecule has 0 aliphatic heterocycles. The molecule has 142 valence electrons. The minimum atomic E-state index is -3.85. The van der Waals surface area contributed by atoms with Gasteiger partial charge in [-0.1, -0.05) is 12.1 Å². The second kappa shape index (κ2) is 7.65. The van der Waals surface area contributed by atoms with Crippen molar-refractivity contribution in [2.75, 3.05) is 37.3 Å². The van der Waals surface area contributed by atoms with E-state index in [1.54, 1.807) is 12.1 Å². The normalized spacial score (nSPS) is 12.2. The molecule has 0 amide bonds. The smallest absolute Gasteiger partial charge is 0.261 e. The lowest BCUT2D eigenvalue weighted by atomic mass is 10.2. The van der Waals surface area contributed by atoms with Crippen LogP contribution in [0.4, 0.5) is 11.4 Å². The zero-order chi connectivity index (χ0) is 19.5. The van der Waals surface area contributed by atoms with Gasteiger partial charge < -0.3 is 4.90 Å². The third kappa shape index (κ3) is 4.17. The molecule has 0 fully saturated rings. The van der Waals surface area contributed by atoms with E-state index in [1.807, 2.05) is 31.0 Å². The van der Waals surface area contributed by atoms with E-state index in [9.17, 15) is 16.8 Å². The number of para-hydroxylation sites is 2. The third-order valence-electron chi connectivity index (χ3n) is 3.95. The largest absolute Gasteiger partial charge is 0.373 e. The summed E-state index contributed by atoms with van der Waals surface area (Å²) in [6, 6.07) is 12.2. The van der Waals surface area contributed by atoms with Crippen molar-refractivity contribution in [3.63, 3.8) is 0 Å². The van der Waals surface area contributed by atoms with Crippen LogP contribution < -0.4 is 9.62 Å². The Morgan fingerprint density at radius 3 is 1.92 bits per heavy atom. The van der Waals surface area contributed by atoms with E-state index in [4.69, 9.17) is 0 Å². The van der Waals surface area contributed by atoms with Crippen LogP contribution in [0.5, 0.6) is 0 Å². The summed E-state index contributed by atoms with van der Waals surface area (Å²) >= 11 is 0. The highest BCUT2D eigenvalue weighted by molar-refractivity contribution is 7.92. The van der Waals surface area contributed by atoms with Crippen LogP contribution in [0, 0.1) is 0 Å². The van der Waals surface area contributed by atoms with Crippen molar-refractivity contribution in [2.24, 2.45) is 0 Å². The minimum Gasteiger partial charge on any atom is -0.373 e. The molecule has 0 aliphatic rings. The van der Waals surface area contributed by atoms with Crippen LogP contribution in [0.3, 0.4) is 0 Å². The average molecular weight is 398 g/mol. The molecule has 0 saturated carbocycles. The topological polar surface area (TPSA) is 86.8 Å². The number of nitrogens with one attached hydrogen (secondary N) is 1. The minimum absolute atomic E-state index is 0.0100. The van der Waals surface area contributed by atoms with E-state index in [2.05, 4.69) is 4.72 Å². The molecule has 2 rings (SSSR count). The fraction of sp³-hybridized carbons (Fsp3) is 0.294. The van der Waals surface area contributed by atoms with Crippen molar-refractivity contribution < 1.29 is 16.8 Å². The van der Waals surface area contributed by atoms with Gasteiger partial charge in [0, 0.05) is 27.7 Å². The fourth-order valence-corrected chi connectivity index (χ4v) is 4.24. The summed E-state index contributed by atoms with van der Waals surface area (Å²) in [4.78, 5) is 1.95. The van der Waals surface area contributed by atoms with Gasteiger partial charge in [-0.05, 0) is 43.3 Å². The Morgan fingerprint density at radius 2 is 1.38 bits per heavy atom. The molecule has 0 atom stereocenters. The molecule has 2 aromatic rings. The maximum Gasteiger partial charge on any atom is 0.261 e. The molecule has 9 heteroatoms. The quantitative estimate of drug-likeness (QED) is 0.774. The summed E-state index contributed by atoms with van der Waals surface area (Å²) in [7, 11) is -2.75. The highest BCUT2D eigenvalue weighted by atomic mass is 32.2. The van der Waals surface area contributed by atoms with E-state index in [0.717, 1.165) is 16.5 Å². The van der Waals surface area contributed by atoms with E-state index >= 15 is 0 Å². The molecular weight excluding hydrogens is 374 g/mol. The van der Waals surface area contributed by atoms with Gasteiger partial charge in [0.1, 0.15) is 0 Å². The van der Waals surface area contributed by atoms with Crippen LogP contribution in [0.15, 0.2) is 58.3 Å². The van der Waals surface area contributed by atoms with Crippen LogP contribution >= 0.6 is 0 Å². The first-order valence-corrected chi connectivity index (χ1v) is 10.9. The van der Waals surface area contributed by atoms with E-state index in [-0.39, 0.29) is 9.79 Å². The number of rotatable bonds is 7. The molecule has 26 heavy (non-hydrogen) atoms. The molecule has 7 nitrogen and oxygen atoms in total. The fourth-order valence-electron chi connectivity index (χ4n) is 2.27. The number of nitrogens with zero attached hydrogens (tertiary/aromatic N) is 2. The lowest BCUT2D eigenvalue weighted by Crippen LogP contribution is -2.22. The van der Waals surface area contributed by atoms with Crippen molar-refractivity contribution in [1.82, 2.24) is 4.31 Å². The SMILES string of the molecule is CCN(C)c1ccccc1NS(=O)(=O)c1ccc(S(=O)(=O)N(C)C)cc1. The van der Waals surface area contributed by atoms with Crippen LogP contribution in [0.25, 0.3) is 0 Å². The van der Waals surface area contributed by atoms with Gasteiger partial charge in [-0.2, -0.15) is 0 Å². The Morgan fingerprint density at radius 1 is 0.846 bits per heavy atom. The summed E-state index contributed by atoms with van der Waals surface area (Å²) in [5.74, 6) is 0. The van der Waals surface area contributed by atoms with Crippen molar-refractivity contribution in [2.45, 2.75) is 16.7 Å². The molecule has 0 saturated heterocycles. The maximum atomic E-state index is 12.7. The lowest BCUT2D eigenvalue weighted by molar-refractivity contribution is 0.520. The van der Waals surface area contributed by atoms with Crippen molar-refractivity contribution in [3.05, 3.63) is 48.5 Å². The van der Waals surface area contributed by atoms with E-state index in [0.29, 0.717) is 5.69 Å². The first-order chi connectivity index (χ1) is 12.1. The molecule has 1 N–H and O–H groups in total. The molecule has 0 radical (unpaired) electrons. The van der Waals surface area contributed by atoms with E-state index in [1.165, 1.54) is 38.4 Å². The molecule has 2 aromatic carbocycles. The van der Waals surface area contributed by atoms with Gasteiger partial charge in [0.25, 0.3) is 10.0 Å². The Balaban J connectivity index is 2.35. The summed E-state index contributed by atoms with van der Waals surface area (Å²) in [6.45, 7) is 2.69. The molecular formula is C17H23N3O4S2. The van der Waals surface area contributed by atoms with Crippen molar-refractivity contribution in [1.29, 1.82) is 0 Å². The lowest BCUT2D eigenvalue weighted by Gasteiger charge is -2.21. The molecule has 0 unspecified atom stereocenters. The number of hydrogen-bond donors (Lipinski definition) is 1. The van der Waals surface area contributed by atoms with Crippen molar-refractivity contribution >= 4 is 31.4 Å². The van der Waals surface area contributed by atoms with Crippen LogP contribution in [0.2, 0.25) is 0 Å². The second-order valence-electron chi connectivity index (χ2n) is 5.90. The molecule has 0 aliphatic carbocycles. The first kappa shape index (κ1) is 20.2. The summed E-state index contributed by atoms with van der Waals surface area (Å²) in [6.07, 6.45) is 0. The first-order valence-electron chi connectivity index (χ1n) is 7.95.